The number of hydrogen-bond donors (Lipinski definition) is 3. The fourth-order valence-electron chi connectivity index (χ4n) is 4.86. The zero-order chi connectivity index (χ0) is 26.5. The Morgan fingerprint density at radius 3 is 2.58 bits per heavy atom. The van der Waals surface area contributed by atoms with Gasteiger partial charge in [0.25, 0.3) is 5.56 Å². The molecular weight excluding hydrogens is 487 g/mol. The number of aromatic hydroxyl groups is 1. The Morgan fingerprint density at radius 2 is 1.87 bits per heavy atom. The summed E-state index contributed by atoms with van der Waals surface area (Å²) in [4.78, 5) is 22.7. The number of H-pyrrole nitrogens is 1. The standard InChI is InChI=1S/C29H31FN4O4/c30-26-13-21(15-33-9-11-38-12-10-33)4-8-23(26)7-3-20-1-5-22(6-2-20)24(16-34-17-25(35)18-34)14-27-28(36)29(37)32-19-31-27/h1-2,4-6,8,13,19,24-25,35-36H,9-12,14-18H2,(H,31,32,37)/t24-/m0/s1. The third kappa shape index (κ3) is 6.47. The van der Waals surface area contributed by atoms with Crippen molar-refractivity contribution in [1.29, 1.82) is 0 Å². The second-order valence-corrected chi connectivity index (χ2v) is 9.88. The molecule has 5 rings (SSSR count). The van der Waals surface area contributed by atoms with Crippen molar-refractivity contribution < 1.29 is 19.3 Å². The summed E-state index contributed by atoms with van der Waals surface area (Å²) in [5, 5.41) is 19.9. The van der Waals surface area contributed by atoms with E-state index >= 15 is 0 Å². The van der Waals surface area contributed by atoms with Crippen LogP contribution in [0.4, 0.5) is 4.39 Å². The molecule has 2 saturated heterocycles. The molecule has 8 nitrogen and oxygen atoms in total. The van der Waals surface area contributed by atoms with Gasteiger partial charge in [-0.2, -0.15) is 0 Å². The SMILES string of the molecule is O=c1[nH]cnc(C[C@@H](CN2CC(O)C2)c2ccc(C#Cc3ccc(CN4CCOCC4)cc3F)cc2)c1O. The Morgan fingerprint density at radius 1 is 1.11 bits per heavy atom. The Hall–Kier alpha value is -3.55. The maximum Gasteiger partial charge on any atom is 0.293 e. The molecule has 2 aliphatic heterocycles. The Kier molecular flexibility index (Phi) is 8.15. The highest BCUT2D eigenvalue weighted by molar-refractivity contribution is 5.45. The van der Waals surface area contributed by atoms with E-state index < -0.39 is 5.56 Å². The van der Waals surface area contributed by atoms with Gasteiger partial charge in [-0.15, -0.1) is 0 Å². The molecule has 1 aromatic heterocycles. The first-order chi connectivity index (χ1) is 18.4. The number of aromatic amines is 1. The van der Waals surface area contributed by atoms with Gasteiger partial charge in [-0.25, -0.2) is 9.37 Å². The number of likely N-dealkylation sites (tertiary alicyclic amines) is 1. The molecule has 0 aliphatic carbocycles. The molecule has 0 saturated carbocycles. The molecule has 3 heterocycles. The van der Waals surface area contributed by atoms with E-state index in [0.717, 1.165) is 29.8 Å². The van der Waals surface area contributed by atoms with E-state index in [0.29, 0.717) is 57.1 Å². The van der Waals surface area contributed by atoms with Gasteiger partial charge in [-0.05, 0) is 35.4 Å². The van der Waals surface area contributed by atoms with E-state index in [9.17, 15) is 19.4 Å². The summed E-state index contributed by atoms with van der Waals surface area (Å²) >= 11 is 0. The van der Waals surface area contributed by atoms with Gasteiger partial charge in [0.05, 0.1) is 36.9 Å². The molecule has 3 N–H and O–H groups in total. The quantitative estimate of drug-likeness (QED) is 0.411. The van der Waals surface area contributed by atoms with Crippen LogP contribution in [0.25, 0.3) is 0 Å². The van der Waals surface area contributed by atoms with Gasteiger partial charge in [-0.3, -0.25) is 14.6 Å². The number of aromatic nitrogens is 2. The number of aliphatic hydroxyl groups is 1. The normalized spacial score (nSPS) is 17.4. The van der Waals surface area contributed by atoms with Crippen LogP contribution in [0.1, 0.15) is 33.9 Å². The number of aliphatic hydroxyl groups excluding tert-OH is 1. The van der Waals surface area contributed by atoms with Crippen molar-refractivity contribution in [2.75, 3.05) is 45.9 Å². The first-order valence-electron chi connectivity index (χ1n) is 12.8. The maximum atomic E-state index is 14.7. The van der Waals surface area contributed by atoms with Crippen LogP contribution in [0.3, 0.4) is 0 Å². The number of hydrogen-bond acceptors (Lipinski definition) is 7. The van der Waals surface area contributed by atoms with Crippen molar-refractivity contribution >= 4 is 0 Å². The van der Waals surface area contributed by atoms with Gasteiger partial charge in [0.1, 0.15) is 5.82 Å². The first kappa shape index (κ1) is 26.1. The first-order valence-corrected chi connectivity index (χ1v) is 12.8. The lowest BCUT2D eigenvalue weighted by Gasteiger charge is -2.38. The summed E-state index contributed by atoms with van der Waals surface area (Å²) in [5.74, 6) is 5.23. The molecule has 0 amide bonds. The number of nitrogens with zero attached hydrogens (tertiary/aromatic N) is 3. The molecule has 198 valence electrons. The van der Waals surface area contributed by atoms with Crippen molar-refractivity contribution in [3.63, 3.8) is 0 Å². The fraction of sp³-hybridized carbons (Fsp3) is 0.379. The van der Waals surface area contributed by atoms with Gasteiger partial charge in [0.2, 0.25) is 5.75 Å². The van der Waals surface area contributed by atoms with Crippen molar-refractivity contribution in [2.24, 2.45) is 0 Å². The van der Waals surface area contributed by atoms with Crippen molar-refractivity contribution in [3.05, 3.63) is 92.9 Å². The van der Waals surface area contributed by atoms with E-state index in [2.05, 4.69) is 31.6 Å². The van der Waals surface area contributed by atoms with Crippen LogP contribution in [0.5, 0.6) is 5.75 Å². The average molecular weight is 519 g/mol. The zero-order valence-electron chi connectivity index (χ0n) is 21.1. The number of halogens is 1. The second-order valence-electron chi connectivity index (χ2n) is 9.88. The Bertz CT molecular complexity index is 1370. The number of benzene rings is 2. The molecule has 2 fully saturated rings. The molecule has 3 aromatic rings. The number of morpholine rings is 1. The third-order valence-electron chi connectivity index (χ3n) is 7.03. The van der Waals surface area contributed by atoms with Crippen molar-refractivity contribution in [1.82, 2.24) is 19.8 Å². The number of ether oxygens (including phenoxy) is 1. The predicted octanol–water partition coefficient (Wildman–Crippen LogP) is 1.85. The van der Waals surface area contributed by atoms with Gasteiger partial charge in [0.15, 0.2) is 0 Å². The van der Waals surface area contributed by atoms with Crippen molar-refractivity contribution in [2.45, 2.75) is 25.0 Å². The smallest absolute Gasteiger partial charge is 0.293 e. The monoisotopic (exact) mass is 518 g/mol. The molecule has 0 bridgehead atoms. The molecular formula is C29H31FN4O4. The van der Waals surface area contributed by atoms with Gasteiger partial charge < -0.3 is 19.9 Å². The van der Waals surface area contributed by atoms with E-state index in [1.807, 2.05) is 30.3 Å². The van der Waals surface area contributed by atoms with Gasteiger partial charge >= 0.3 is 0 Å². The van der Waals surface area contributed by atoms with E-state index in [4.69, 9.17) is 4.74 Å². The van der Waals surface area contributed by atoms with E-state index in [1.54, 1.807) is 12.1 Å². The minimum atomic E-state index is -0.569. The van der Waals surface area contributed by atoms with E-state index in [1.165, 1.54) is 6.33 Å². The minimum absolute atomic E-state index is 0.0545. The zero-order valence-corrected chi connectivity index (χ0v) is 21.1. The highest BCUT2D eigenvalue weighted by atomic mass is 19.1. The molecule has 1 atom stereocenters. The van der Waals surface area contributed by atoms with Crippen LogP contribution in [-0.2, 0) is 17.7 Å². The number of β-amino-alcohol motifs (C(OH)–C–C–N with tert-alkyl or cyclic N) is 1. The summed E-state index contributed by atoms with van der Waals surface area (Å²) in [6.45, 7) is 5.63. The van der Waals surface area contributed by atoms with E-state index in [-0.39, 0.29) is 23.6 Å². The minimum Gasteiger partial charge on any atom is -0.502 e. The Balaban J connectivity index is 1.28. The van der Waals surface area contributed by atoms with Gasteiger partial charge in [-0.1, -0.05) is 30.0 Å². The average Bonchev–Trinajstić information content (AvgIpc) is 2.90. The maximum absolute atomic E-state index is 14.7. The lowest BCUT2D eigenvalue weighted by Crippen LogP contribution is -2.52. The van der Waals surface area contributed by atoms with Crippen LogP contribution in [0.2, 0.25) is 0 Å². The second kappa shape index (κ2) is 11.9. The predicted molar refractivity (Wildman–Crippen MR) is 140 cm³/mol. The molecule has 0 radical (unpaired) electrons. The molecule has 9 heteroatoms. The van der Waals surface area contributed by atoms with Crippen molar-refractivity contribution in [3.8, 4) is 17.6 Å². The molecule has 38 heavy (non-hydrogen) atoms. The summed E-state index contributed by atoms with van der Waals surface area (Å²) in [5.41, 5.74) is 2.78. The van der Waals surface area contributed by atoms with Crippen LogP contribution >= 0.6 is 0 Å². The topological polar surface area (TPSA) is 102 Å². The van der Waals surface area contributed by atoms with Crippen LogP contribution in [0.15, 0.2) is 53.6 Å². The number of rotatable bonds is 7. The summed E-state index contributed by atoms with van der Waals surface area (Å²) in [6.07, 6.45) is 1.33. The van der Waals surface area contributed by atoms with Crippen LogP contribution < -0.4 is 5.56 Å². The summed E-state index contributed by atoms with van der Waals surface area (Å²) < 4.78 is 20.1. The number of nitrogens with one attached hydrogen (secondary N) is 1. The molecule has 2 aromatic carbocycles. The van der Waals surface area contributed by atoms with Gasteiger partial charge in [0, 0.05) is 57.2 Å². The molecule has 0 spiro atoms. The molecule has 2 aliphatic rings. The lowest BCUT2D eigenvalue weighted by molar-refractivity contribution is -0.00129. The fourth-order valence-corrected chi connectivity index (χ4v) is 4.86. The lowest BCUT2D eigenvalue weighted by atomic mass is 9.91. The largest absolute Gasteiger partial charge is 0.502 e. The van der Waals surface area contributed by atoms with Crippen LogP contribution in [0, 0.1) is 17.7 Å². The Labute approximate surface area is 220 Å². The van der Waals surface area contributed by atoms with Crippen LogP contribution in [-0.4, -0.2) is 82.0 Å². The summed E-state index contributed by atoms with van der Waals surface area (Å²) in [7, 11) is 0. The summed E-state index contributed by atoms with van der Waals surface area (Å²) in [6, 6.07) is 12.9. The third-order valence-corrected chi connectivity index (χ3v) is 7.03. The molecule has 0 unspecified atom stereocenters. The highest BCUT2D eigenvalue weighted by Crippen LogP contribution is 2.26. The highest BCUT2D eigenvalue weighted by Gasteiger charge is 2.28.